The van der Waals surface area contributed by atoms with Gasteiger partial charge in [0.25, 0.3) is 5.91 Å². The molecule has 2 aromatic carbocycles. The Morgan fingerprint density at radius 3 is 2.60 bits per heavy atom. The molecule has 2 aromatic heterocycles. The minimum atomic E-state index is -0.304. The fourth-order valence-electron chi connectivity index (χ4n) is 2.62. The molecule has 0 saturated heterocycles. The topological polar surface area (TPSA) is 55.1 Å². The number of benzene rings is 2. The lowest BCUT2D eigenvalue weighted by molar-refractivity contribution is 0.0997. The summed E-state index contributed by atoms with van der Waals surface area (Å²) in [5.41, 5.74) is 2.32. The first kappa shape index (κ1) is 15.6. The number of carbonyl (C=O) groups is 1. The van der Waals surface area contributed by atoms with E-state index in [0.29, 0.717) is 11.4 Å². The molecule has 0 spiro atoms. The number of furan rings is 1. The molecule has 0 aliphatic heterocycles. The van der Waals surface area contributed by atoms with Crippen molar-refractivity contribution in [3.8, 4) is 11.3 Å². The van der Waals surface area contributed by atoms with E-state index in [1.807, 2.05) is 54.6 Å². The molecule has 1 N–H and O–H groups in total. The van der Waals surface area contributed by atoms with Crippen molar-refractivity contribution in [2.24, 2.45) is 0 Å². The molecule has 4 aromatic rings. The first-order chi connectivity index (χ1) is 12.2. The predicted octanol–water partition coefficient (Wildman–Crippen LogP) is 5.51. The monoisotopic (exact) mass is 392 g/mol. The summed E-state index contributed by atoms with van der Waals surface area (Å²) in [6, 6.07) is 20.7. The zero-order valence-electron chi connectivity index (χ0n) is 13.1. The number of halogens is 1. The van der Waals surface area contributed by atoms with Crippen molar-refractivity contribution in [2.75, 3.05) is 5.32 Å². The zero-order valence-corrected chi connectivity index (χ0v) is 14.7. The number of amides is 1. The summed E-state index contributed by atoms with van der Waals surface area (Å²) in [5, 5.41) is 3.84. The molecule has 0 bridgehead atoms. The van der Waals surface area contributed by atoms with Crippen molar-refractivity contribution in [3.63, 3.8) is 0 Å². The third-order valence-corrected chi connectivity index (χ3v) is 4.37. The third-order valence-electron chi connectivity index (χ3n) is 3.84. The van der Waals surface area contributed by atoms with Crippen molar-refractivity contribution < 1.29 is 9.21 Å². The number of nitrogens with one attached hydrogen (secondary N) is 1. The van der Waals surface area contributed by atoms with Gasteiger partial charge in [0.2, 0.25) is 0 Å². The van der Waals surface area contributed by atoms with E-state index in [-0.39, 0.29) is 11.7 Å². The van der Waals surface area contributed by atoms with Gasteiger partial charge in [-0.1, -0.05) is 46.3 Å². The molecule has 4 nitrogen and oxygen atoms in total. The van der Waals surface area contributed by atoms with Crippen molar-refractivity contribution in [1.82, 2.24) is 4.98 Å². The highest BCUT2D eigenvalue weighted by molar-refractivity contribution is 9.10. The summed E-state index contributed by atoms with van der Waals surface area (Å²) in [6.07, 6.45) is 1.70. The second kappa shape index (κ2) is 6.53. The maximum atomic E-state index is 12.5. The molecule has 0 aliphatic carbocycles. The van der Waals surface area contributed by atoms with Crippen LogP contribution in [0, 0.1) is 0 Å². The molecule has 0 fully saturated rings. The SMILES string of the molecule is O=C(Nc1cccc2cccnc12)c1ccc(-c2ccc(Br)cc2)o1. The summed E-state index contributed by atoms with van der Waals surface area (Å²) in [6.45, 7) is 0. The van der Waals surface area contributed by atoms with Gasteiger partial charge in [0.05, 0.1) is 11.2 Å². The number of pyridine rings is 1. The van der Waals surface area contributed by atoms with E-state index in [4.69, 9.17) is 4.42 Å². The summed E-state index contributed by atoms with van der Waals surface area (Å²) in [7, 11) is 0. The number of hydrogen-bond acceptors (Lipinski definition) is 3. The van der Waals surface area contributed by atoms with E-state index in [1.165, 1.54) is 0 Å². The van der Waals surface area contributed by atoms with Crippen molar-refractivity contribution >= 4 is 38.4 Å². The number of fused-ring (bicyclic) bond motifs is 1. The van der Waals surface area contributed by atoms with Gasteiger partial charge in [-0.2, -0.15) is 0 Å². The van der Waals surface area contributed by atoms with Crippen LogP contribution in [0.5, 0.6) is 0 Å². The average molecular weight is 393 g/mol. The van der Waals surface area contributed by atoms with Crippen LogP contribution in [0.4, 0.5) is 5.69 Å². The Balaban J connectivity index is 1.60. The van der Waals surface area contributed by atoms with Gasteiger partial charge in [-0.25, -0.2) is 0 Å². The van der Waals surface area contributed by atoms with Gasteiger partial charge in [-0.15, -0.1) is 0 Å². The smallest absolute Gasteiger partial charge is 0.291 e. The lowest BCUT2D eigenvalue weighted by Gasteiger charge is -2.06. The highest BCUT2D eigenvalue weighted by Gasteiger charge is 2.14. The first-order valence-electron chi connectivity index (χ1n) is 7.71. The number of aromatic nitrogens is 1. The molecule has 122 valence electrons. The Hall–Kier alpha value is -2.92. The molecule has 4 rings (SSSR count). The fourth-order valence-corrected chi connectivity index (χ4v) is 2.88. The number of rotatable bonds is 3. The quantitative estimate of drug-likeness (QED) is 0.499. The summed E-state index contributed by atoms with van der Waals surface area (Å²) < 4.78 is 6.70. The van der Waals surface area contributed by atoms with Crippen LogP contribution in [0.25, 0.3) is 22.2 Å². The normalized spacial score (nSPS) is 10.8. The van der Waals surface area contributed by atoms with E-state index in [0.717, 1.165) is 20.9 Å². The van der Waals surface area contributed by atoms with Crippen LogP contribution in [0.3, 0.4) is 0 Å². The van der Waals surface area contributed by atoms with Crippen LogP contribution < -0.4 is 5.32 Å². The van der Waals surface area contributed by atoms with Gasteiger partial charge in [0.1, 0.15) is 5.76 Å². The second-order valence-corrected chi connectivity index (χ2v) is 6.42. The molecule has 2 heterocycles. The van der Waals surface area contributed by atoms with Crippen LogP contribution in [0.1, 0.15) is 10.6 Å². The van der Waals surface area contributed by atoms with Crippen LogP contribution in [0.15, 0.2) is 81.8 Å². The van der Waals surface area contributed by atoms with Gasteiger partial charge < -0.3 is 9.73 Å². The summed E-state index contributed by atoms with van der Waals surface area (Å²) in [4.78, 5) is 16.9. The molecular weight excluding hydrogens is 380 g/mol. The number of anilines is 1. The van der Waals surface area contributed by atoms with Crippen LogP contribution >= 0.6 is 15.9 Å². The first-order valence-corrected chi connectivity index (χ1v) is 8.51. The maximum Gasteiger partial charge on any atom is 0.291 e. The van der Waals surface area contributed by atoms with E-state index in [9.17, 15) is 4.79 Å². The predicted molar refractivity (Wildman–Crippen MR) is 102 cm³/mol. The maximum absolute atomic E-state index is 12.5. The van der Waals surface area contributed by atoms with Crippen molar-refractivity contribution in [3.05, 3.63) is 83.2 Å². The molecule has 0 saturated carbocycles. The summed E-state index contributed by atoms with van der Waals surface area (Å²) in [5.74, 6) is 0.598. The Morgan fingerprint density at radius 1 is 0.960 bits per heavy atom. The minimum absolute atomic E-state index is 0.255. The van der Waals surface area contributed by atoms with Gasteiger partial charge in [-0.05, 0) is 36.4 Å². The molecule has 0 unspecified atom stereocenters. The van der Waals surface area contributed by atoms with Crippen LogP contribution in [-0.4, -0.2) is 10.9 Å². The second-order valence-electron chi connectivity index (χ2n) is 5.51. The van der Waals surface area contributed by atoms with Gasteiger partial charge in [0, 0.05) is 21.6 Å². The van der Waals surface area contributed by atoms with E-state index in [1.54, 1.807) is 18.3 Å². The fraction of sp³-hybridized carbons (Fsp3) is 0. The highest BCUT2D eigenvalue weighted by Crippen LogP contribution is 2.25. The molecule has 1 amide bonds. The number of hydrogen-bond donors (Lipinski definition) is 1. The van der Waals surface area contributed by atoms with Gasteiger partial charge in [-0.3, -0.25) is 9.78 Å². The number of carbonyl (C=O) groups excluding carboxylic acids is 1. The van der Waals surface area contributed by atoms with Crippen LogP contribution in [-0.2, 0) is 0 Å². The molecular formula is C20H13BrN2O2. The third kappa shape index (κ3) is 3.19. The molecule has 0 radical (unpaired) electrons. The largest absolute Gasteiger partial charge is 0.451 e. The Morgan fingerprint density at radius 2 is 1.76 bits per heavy atom. The number of para-hydroxylation sites is 1. The van der Waals surface area contributed by atoms with Crippen molar-refractivity contribution in [1.29, 1.82) is 0 Å². The van der Waals surface area contributed by atoms with Crippen molar-refractivity contribution in [2.45, 2.75) is 0 Å². The Kier molecular flexibility index (Phi) is 4.07. The minimum Gasteiger partial charge on any atom is -0.451 e. The van der Waals surface area contributed by atoms with Gasteiger partial charge in [0.15, 0.2) is 5.76 Å². The van der Waals surface area contributed by atoms with Crippen LogP contribution in [0.2, 0.25) is 0 Å². The lowest BCUT2D eigenvalue weighted by atomic mass is 10.2. The molecule has 25 heavy (non-hydrogen) atoms. The van der Waals surface area contributed by atoms with E-state index >= 15 is 0 Å². The van der Waals surface area contributed by atoms with E-state index in [2.05, 4.69) is 26.2 Å². The van der Waals surface area contributed by atoms with Gasteiger partial charge >= 0.3 is 0 Å². The molecule has 5 heteroatoms. The average Bonchev–Trinajstić information content (AvgIpc) is 3.13. The summed E-state index contributed by atoms with van der Waals surface area (Å²) >= 11 is 3.40. The Bertz CT molecular complexity index is 1050. The Labute approximate surface area is 152 Å². The molecule has 0 aliphatic rings. The number of nitrogens with zero attached hydrogens (tertiary/aromatic N) is 1. The lowest BCUT2D eigenvalue weighted by Crippen LogP contribution is -2.11. The zero-order chi connectivity index (χ0) is 17.2. The van der Waals surface area contributed by atoms with E-state index < -0.39 is 0 Å². The standard InChI is InChI=1S/C20H13BrN2O2/c21-15-8-6-13(7-9-15)17-10-11-18(25-17)20(24)23-16-5-1-3-14-4-2-12-22-19(14)16/h1-12H,(H,23,24). The highest BCUT2D eigenvalue weighted by atomic mass is 79.9. The molecule has 0 atom stereocenters.